The van der Waals surface area contributed by atoms with Crippen LogP contribution in [-0.4, -0.2) is 23.5 Å². The minimum Gasteiger partial charge on any atom is -0.490 e. The van der Waals surface area contributed by atoms with Gasteiger partial charge < -0.3 is 9.84 Å². The number of hydrogen-bond acceptors (Lipinski definition) is 3. The van der Waals surface area contributed by atoms with E-state index >= 15 is 0 Å². The van der Waals surface area contributed by atoms with Crippen LogP contribution in [0.2, 0.25) is 0 Å². The van der Waals surface area contributed by atoms with Crippen LogP contribution in [0, 0.1) is 0 Å². The molecule has 1 N–H and O–H groups in total. The Labute approximate surface area is 103 Å². The Morgan fingerprint density at radius 2 is 2.00 bits per heavy atom. The predicted octanol–water partition coefficient (Wildman–Crippen LogP) is 2.18. The largest absolute Gasteiger partial charge is 0.490 e. The number of rotatable bonds is 6. The van der Waals surface area contributed by atoms with E-state index < -0.39 is 17.1 Å². The van der Waals surface area contributed by atoms with E-state index in [4.69, 9.17) is 21.4 Å². The lowest BCUT2D eigenvalue weighted by molar-refractivity contribution is -0.148. The van der Waals surface area contributed by atoms with Crippen LogP contribution >= 0.6 is 11.6 Å². The zero-order valence-corrected chi connectivity index (χ0v) is 9.68. The van der Waals surface area contributed by atoms with Gasteiger partial charge in [0, 0.05) is 0 Å². The number of carboxylic acid groups (broad SMARTS) is 1. The minimum absolute atomic E-state index is 0.373. The standard InChI is InChI=1S/C12H11ClO4/c1-2-7-17-9-5-3-8(4-6-9)10(13)11(14)12(15)16/h2-6,10H,1,7H2,(H,15,16). The first-order valence-electron chi connectivity index (χ1n) is 4.81. The van der Waals surface area contributed by atoms with Crippen molar-refractivity contribution in [3.8, 4) is 5.75 Å². The highest BCUT2D eigenvalue weighted by atomic mass is 35.5. The third-order valence-electron chi connectivity index (χ3n) is 1.98. The van der Waals surface area contributed by atoms with E-state index in [1.165, 1.54) is 0 Å². The Kier molecular flexibility index (Phi) is 4.72. The van der Waals surface area contributed by atoms with Gasteiger partial charge in [0.15, 0.2) is 0 Å². The van der Waals surface area contributed by atoms with Crippen molar-refractivity contribution >= 4 is 23.4 Å². The van der Waals surface area contributed by atoms with Crippen molar-refractivity contribution in [2.45, 2.75) is 5.38 Å². The summed E-state index contributed by atoms with van der Waals surface area (Å²) in [7, 11) is 0. The van der Waals surface area contributed by atoms with Crippen LogP contribution in [-0.2, 0) is 9.59 Å². The molecular formula is C12H11ClO4. The molecular weight excluding hydrogens is 244 g/mol. The van der Waals surface area contributed by atoms with E-state index in [0.29, 0.717) is 17.9 Å². The number of carboxylic acids is 1. The van der Waals surface area contributed by atoms with Gasteiger partial charge in [0.2, 0.25) is 0 Å². The number of benzene rings is 1. The van der Waals surface area contributed by atoms with Crippen molar-refractivity contribution in [3.05, 3.63) is 42.5 Å². The molecule has 0 aliphatic rings. The van der Waals surface area contributed by atoms with Gasteiger partial charge in [-0.15, -0.1) is 11.6 Å². The Balaban J connectivity index is 2.76. The lowest BCUT2D eigenvalue weighted by Crippen LogP contribution is -2.17. The molecule has 1 aromatic rings. The quantitative estimate of drug-likeness (QED) is 0.480. The van der Waals surface area contributed by atoms with E-state index in [-0.39, 0.29) is 0 Å². The van der Waals surface area contributed by atoms with Crippen LogP contribution in [0.1, 0.15) is 10.9 Å². The molecule has 0 aliphatic carbocycles. The Morgan fingerprint density at radius 3 is 2.47 bits per heavy atom. The second kappa shape index (κ2) is 6.06. The number of halogens is 1. The lowest BCUT2D eigenvalue weighted by Gasteiger charge is -2.07. The highest BCUT2D eigenvalue weighted by Gasteiger charge is 2.23. The molecule has 0 fully saturated rings. The fraction of sp³-hybridized carbons (Fsp3) is 0.167. The van der Waals surface area contributed by atoms with Crippen molar-refractivity contribution in [3.63, 3.8) is 0 Å². The topological polar surface area (TPSA) is 63.6 Å². The number of alkyl halides is 1. The number of aliphatic carboxylic acids is 1. The van der Waals surface area contributed by atoms with Crippen LogP contribution in [0.15, 0.2) is 36.9 Å². The number of carbonyl (C=O) groups excluding carboxylic acids is 1. The summed E-state index contributed by atoms with van der Waals surface area (Å²) >= 11 is 5.72. The van der Waals surface area contributed by atoms with Gasteiger partial charge in [0.25, 0.3) is 5.78 Å². The number of hydrogen-bond donors (Lipinski definition) is 1. The van der Waals surface area contributed by atoms with Crippen molar-refractivity contribution < 1.29 is 19.4 Å². The molecule has 1 atom stereocenters. The fourth-order valence-corrected chi connectivity index (χ4v) is 1.39. The van der Waals surface area contributed by atoms with Gasteiger partial charge in [0.05, 0.1) is 0 Å². The summed E-state index contributed by atoms with van der Waals surface area (Å²) in [6.07, 6.45) is 1.60. The normalized spacial score (nSPS) is 11.6. The summed E-state index contributed by atoms with van der Waals surface area (Å²) in [6, 6.07) is 6.33. The molecule has 0 amide bonds. The molecule has 0 saturated heterocycles. The smallest absolute Gasteiger partial charge is 0.374 e. The third kappa shape index (κ3) is 3.60. The molecule has 0 saturated carbocycles. The maximum absolute atomic E-state index is 11.1. The molecule has 4 nitrogen and oxygen atoms in total. The first kappa shape index (κ1) is 13.3. The molecule has 1 rings (SSSR count). The summed E-state index contributed by atoms with van der Waals surface area (Å²) in [6.45, 7) is 3.88. The van der Waals surface area contributed by atoms with Gasteiger partial charge in [0.1, 0.15) is 17.7 Å². The predicted molar refractivity (Wildman–Crippen MR) is 63.4 cm³/mol. The van der Waals surface area contributed by atoms with Crippen LogP contribution < -0.4 is 4.74 Å². The third-order valence-corrected chi connectivity index (χ3v) is 2.43. The summed E-state index contributed by atoms with van der Waals surface area (Å²) in [5.74, 6) is -2.00. The second-order valence-corrected chi connectivity index (χ2v) is 3.64. The summed E-state index contributed by atoms with van der Waals surface area (Å²) in [4.78, 5) is 21.6. The van der Waals surface area contributed by atoms with Crippen molar-refractivity contribution in [1.82, 2.24) is 0 Å². The molecule has 1 aromatic carbocycles. The average molecular weight is 255 g/mol. The molecule has 0 spiro atoms. The Bertz CT molecular complexity index is 425. The van der Waals surface area contributed by atoms with Gasteiger partial charge >= 0.3 is 5.97 Å². The maximum Gasteiger partial charge on any atom is 0.374 e. The summed E-state index contributed by atoms with van der Waals surface area (Å²) in [5, 5.41) is 7.34. The van der Waals surface area contributed by atoms with Gasteiger partial charge in [-0.3, -0.25) is 4.79 Å². The van der Waals surface area contributed by atoms with Crippen molar-refractivity contribution in [2.75, 3.05) is 6.61 Å². The molecule has 0 aromatic heterocycles. The number of ether oxygens (including phenoxy) is 1. The van der Waals surface area contributed by atoms with Crippen LogP contribution in [0.4, 0.5) is 0 Å². The highest BCUT2D eigenvalue weighted by Crippen LogP contribution is 2.23. The van der Waals surface area contributed by atoms with Crippen molar-refractivity contribution in [1.29, 1.82) is 0 Å². The Hall–Kier alpha value is -1.81. The monoisotopic (exact) mass is 254 g/mol. The zero-order chi connectivity index (χ0) is 12.8. The maximum atomic E-state index is 11.1. The molecule has 90 valence electrons. The van der Waals surface area contributed by atoms with Crippen LogP contribution in [0.5, 0.6) is 5.75 Å². The molecule has 5 heteroatoms. The molecule has 0 radical (unpaired) electrons. The van der Waals surface area contributed by atoms with Crippen molar-refractivity contribution in [2.24, 2.45) is 0 Å². The van der Waals surface area contributed by atoms with Gasteiger partial charge in [-0.05, 0) is 17.7 Å². The van der Waals surface area contributed by atoms with E-state index in [9.17, 15) is 9.59 Å². The number of carbonyl (C=O) groups is 2. The number of Topliss-reactive ketones (excluding diaryl/α,β-unsaturated/α-hetero) is 1. The molecule has 0 aliphatic heterocycles. The lowest BCUT2D eigenvalue weighted by atomic mass is 10.1. The SMILES string of the molecule is C=CCOc1ccc(C(Cl)C(=O)C(=O)O)cc1. The minimum atomic E-state index is -1.54. The van der Waals surface area contributed by atoms with Gasteiger partial charge in [-0.25, -0.2) is 4.79 Å². The fourth-order valence-electron chi connectivity index (χ4n) is 1.15. The molecule has 17 heavy (non-hydrogen) atoms. The van der Waals surface area contributed by atoms with Crippen LogP contribution in [0.3, 0.4) is 0 Å². The average Bonchev–Trinajstić information content (AvgIpc) is 2.35. The van der Waals surface area contributed by atoms with Crippen LogP contribution in [0.25, 0.3) is 0 Å². The highest BCUT2D eigenvalue weighted by molar-refractivity contribution is 6.47. The first-order valence-corrected chi connectivity index (χ1v) is 5.24. The first-order chi connectivity index (χ1) is 8.06. The summed E-state index contributed by atoms with van der Waals surface area (Å²) in [5.41, 5.74) is 0.421. The van der Waals surface area contributed by atoms with E-state index in [1.54, 1.807) is 30.3 Å². The summed E-state index contributed by atoms with van der Waals surface area (Å²) < 4.78 is 5.24. The van der Waals surface area contributed by atoms with E-state index in [2.05, 4.69) is 6.58 Å². The Morgan fingerprint density at radius 1 is 1.41 bits per heavy atom. The second-order valence-electron chi connectivity index (χ2n) is 3.20. The number of ketones is 1. The van der Waals surface area contributed by atoms with Gasteiger partial charge in [-0.2, -0.15) is 0 Å². The molecule has 0 bridgehead atoms. The molecule has 0 heterocycles. The molecule has 1 unspecified atom stereocenters. The zero-order valence-electron chi connectivity index (χ0n) is 8.93. The van der Waals surface area contributed by atoms with E-state index in [0.717, 1.165) is 0 Å². The van der Waals surface area contributed by atoms with E-state index in [1.807, 2.05) is 0 Å². The van der Waals surface area contributed by atoms with Gasteiger partial charge in [-0.1, -0.05) is 24.8 Å².